The number of likely N-dealkylation sites (N-methyl/N-ethyl adjacent to an activating group) is 1. The van der Waals surface area contributed by atoms with Gasteiger partial charge in [0.15, 0.2) is 17.3 Å². The maximum Gasteiger partial charge on any atom is 0.285 e. The second-order valence-electron chi connectivity index (χ2n) is 7.05. The van der Waals surface area contributed by atoms with Crippen LogP contribution in [0.25, 0.3) is 0 Å². The lowest BCUT2D eigenvalue weighted by Crippen LogP contribution is -2.39. The average Bonchev–Trinajstić information content (AvgIpc) is 2.98. The number of amides is 1. The molecule has 10 heteroatoms. The van der Waals surface area contributed by atoms with Crippen LogP contribution in [0.2, 0.25) is 0 Å². The summed E-state index contributed by atoms with van der Waals surface area (Å²) in [5.74, 6) is 1.29. The predicted molar refractivity (Wildman–Crippen MR) is 114 cm³/mol. The third-order valence-corrected chi connectivity index (χ3v) is 6.87. The predicted octanol–water partition coefficient (Wildman–Crippen LogP) is 2.48. The summed E-state index contributed by atoms with van der Waals surface area (Å²) in [6.07, 6.45) is 0. The van der Waals surface area contributed by atoms with E-state index >= 15 is 0 Å². The molecule has 0 spiro atoms. The molecule has 1 amide bonds. The van der Waals surface area contributed by atoms with E-state index in [0.29, 0.717) is 30.3 Å². The van der Waals surface area contributed by atoms with E-state index in [1.54, 1.807) is 25.2 Å². The average molecular weight is 494 g/mol. The van der Waals surface area contributed by atoms with Crippen molar-refractivity contribution in [2.24, 2.45) is 4.40 Å². The number of amidine groups is 1. The van der Waals surface area contributed by atoms with Crippen LogP contribution in [-0.2, 0) is 14.8 Å². The third-order valence-electron chi connectivity index (χ3n) is 4.86. The summed E-state index contributed by atoms with van der Waals surface area (Å²) in [5.41, 5.74) is 1.34. The molecule has 0 saturated carbocycles. The fourth-order valence-electron chi connectivity index (χ4n) is 3.43. The molecule has 1 unspecified atom stereocenters. The van der Waals surface area contributed by atoms with Gasteiger partial charge in [-0.1, -0.05) is 28.1 Å². The minimum Gasteiger partial charge on any atom is -0.486 e. The van der Waals surface area contributed by atoms with E-state index in [1.807, 2.05) is 19.1 Å². The summed E-state index contributed by atoms with van der Waals surface area (Å²) < 4.78 is 40.3. The van der Waals surface area contributed by atoms with Crippen LogP contribution in [0.1, 0.15) is 24.1 Å². The first kappa shape index (κ1) is 20.7. The van der Waals surface area contributed by atoms with E-state index in [9.17, 15) is 13.2 Å². The molecule has 158 valence electrons. The molecule has 1 N–H and O–H groups in total. The number of benzene rings is 2. The molecule has 2 heterocycles. The number of carbonyl (C=O) groups is 1. The van der Waals surface area contributed by atoms with Gasteiger partial charge in [0.2, 0.25) is 5.91 Å². The van der Waals surface area contributed by atoms with Crippen molar-refractivity contribution >= 4 is 37.7 Å². The molecule has 8 nitrogen and oxygen atoms in total. The monoisotopic (exact) mass is 493 g/mol. The Morgan fingerprint density at radius 3 is 2.63 bits per heavy atom. The zero-order valence-electron chi connectivity index (χ0n) is 16.4. The fourth-order valence-corrected chi connectivity index (χ4v) is 5.35. The number of ether oxygens (including phenoxy) is 2. The highest BCUT2D eigenvalue weighted by atomic mass is 79.9. The Balaban J connectivity index is 1.47. The van der Waals surface area contributed by atoms with Gasteiger partial charge in [-0.25, -0.2) is 0 Å². The lowest BCUT2D eigenvalue weighted by atomic mass is 10.1. The Kier molecular flexibility index (Phi) is 5.46. The number of nitrogens with zero attached hydrogens (tertiary/aromatic N) is 2. The summed E-state index contributed by atoms with van der Waals surface area (Å²) in [4.78, 5) is 14.3. The first-order chi connectivity index (χ1) is 14.3. The number of hydrogen-bond acceptors (Lipinski definition) is 6. The van der Waals surface area contributed by atoms with Gasteiger partial charge in [0.1, 0.15) is 18.1 Å². The summed E-state index contributed by atoms with van der Waals surface area (Å²) >= 11 is 3.52. The van der Waals surface area contributed by atoms with Gasteiger partial charge in [0.25, 0.3) is 10.0 Å². The second kappa shape index (κ2) is 7.92. The Morgan fingerprint density at radius 1 is 1.23 bits per heavy atom. The minimum atomic E-state index is -3.73. The van der Waals surface area contributed by atoms with Gasteiger partial charge < -0.3 is 19.7 Å². The van der Waals surface area contributed by atoms with E-state index in [4.69, 9.17) is 9.47 Å². The summed E-state index contributed by atoms with van der Waals surface area (Å²) in [5, 5.41) is 2.93. The highest BCUT2D eigenvalue weighted by molar-refractivity contribution is 9.10. The van der Waals surface area contributed by atoms with Crippen molar-refractivity contribution in [3.8, 4) is 11.5 Å². The van der Waals surface area contributed by atoms with Gasteiger partial charge in [0, 0.05) is 17.1 Å². The zero-order chi connectivity index (χ0) is 21.5. The molecular formula is C20H20BrN3O5S. The van der Waals surface area contributed by atoms with Gasteiger partial charge in [-0.2, -0.15) is 8.42 Å². The number of fused-ring (bicyclic) bond motifs is 2. The van der Waals surface area contributed by atoms with Crippen molar-refractivity contribution in [2.75, 3.05) is 26.8 Å². The van der Waals surface area contributed by atoms with Gasteiger partial charge in [0.05, 0.1) is 12.6 Å². The molecule has 0 aromatic heterocycles. The van der Waals surface area contributed by atoms with E-state index < -0.39 is 10.0 Å². The quantitative estimate of drug-likeness (QED) is 0.702. The van der Waals surface area contributed by atoms with Crippen LogP contribution in [0.5, 0.6) is 11.5 Å². The first-order valence-corrected chi connectivity index (χ1v) is 11.5. The van der Waals surface area contributed by atoms with E-state index in [2.05, 4.69) is 25.6 Å². The second-order valence-corrected chi connectivity index (χ2v) is 9.48. The van der Waals surface area contributed by atoms with Gasteiger partial charge in [-0.05, 0) is 36.8 Å². The Morgan fingerprint density at radius 2 is 1.90 bits per heavy atom. The minimum absolute atomic E-state index is 0.0464. The van der Waals surface area contributed by atoms with Crippen LogP contribution in [0.15, 0.2) is 50.2 Å². The Hall–Kier alpha value is -2.59. The molecule has 0 aliphatic carbocycles. The fraction of sp³-hybridized carbons (Fsp3) is 0.300. The van der Waals surface area contributed by atoms with Crippen molar-refractivity contribution in [1.29, 1.82) is 0 Å². The van der Waals surface area contributed by atoms with Crippen molar-refractivity contribution in [3.63, 3.8) is 0 Å². The van der Waals surface area contributed by atoms with Crippen LogP contribution >= 0.6 is 15.9 Å². The number of hydrogen-bond donors (Lipinski definition) is 1. The Bertz CT molecular complexity index is 1150. The SMILES string of the molecule is CC(NC(=O)CN(C)C1=NS(=O)(=O)c2ccccc21)c1cc2c(cc1Br)OCCO2. The lowest BCUT2D eigenvalue weighted by molar-refractivity contribution is -0.121. The molecule has 1 atom stereocenters. The number of halogens is 1. The van der Waals surface area contributed by atoms with Crippen LogP contribution in [0.4, 0.5) is 0 Å². The molecule has 2 aliphatic heterocycles. The molecule has 0 saturated heterocycles. The van der Waals surface area contributed by atoms with Crippen molar-refractivity contribution < 1.29 is 22.7 Å². The topological polar surface area (TPSA) is 97.3 Å². The highest BCUT2D eigenvalue weighted by Gasteiger charge is 2.31. The van der Waals surface area contributed by atoms with E-state index in [1.165, 1.54) is 11.0 Å². The van der Waals surface area contributed by atoms with Gasteiger partial charge in [-0.3, -0.25) is 4.79 Å². The maximum atomic E-state index is 12.6. The molecule has 2 aliphatic rings. The molecule has 0 bridgehead atoms. The number of rotatable bonds is 4. The highest BCUT2D eigenvalue weighted by Crippen LogP contribution is 2.37. The smallest absolute Gasteiger partial charge is 0.285 e. The van der Waals surface area contributed by atoms with E-state index in [0.717, 1.165) is 10.0 Å². The van der Waals surface area contributed by atoms with Crippen LogP contribution in [0, 0.1) is 0 Å². The normalized spacial score (nSPS) is 17.0. The molecule has 2 aromatic carbocycles. The first-order valence-electron chi connectivity index (χ1n) is 9.30. The van der Waals surface area contributed by atoms with Gasteiger partial charge >= 0.3 is 0 Å². The standard InChI is InChI=1S/C20H20BrN3O5S/c1-12(14-9-16-17(10-15(14)21)29-8-7-28-16)22-19(25)11-24(2)20-13-5-3-4-6-18(13)30(26,27)23-20/h3-6,9-10,12H,7-8,11H2,1-2H3,(H,22,25). The molecular weight excluding hydrogens is 474 g/mol. The number of sulfonamides is 1. The summed E-state index contributed by atoms with van der Waals surface area (Å²) in [6.45, 7) is 2.79. The molecule has 0 fully saturated rings. The van der Waals surface area contributed by atoms with Gasteiger partial charge in [-0.15, -0.1) is 4.40 Å². The molecule has 4 rings (SSSR count). The van der Waals surface area contributed by atoms with E-state index in [-0.39, 0.29) is 29.2 Å². The molecule has 0 radical (unpaired) electrons. The summed E-state index contributed by atoms with van der Waals surface area (Å²) in [7, 11) is -2.09. The zero-order valence-corrected chi connectivity index (χ0v) is 18.8. The van der Waals surface area contributed by atoms with Crippen molar-refractivity contribution in [1.82, 2.24) is 10.2 Å². The third kappa shape index (κ3) is 3.89. The molecule has 30 heavy (non-hydrogen) atoms. The van der Waals surface area contributed by atoms with Crippen LogP contribution < -0.4 is 14.8 Å². The van der Waals surface area contributed by atoms with Crippen molar-refractivity contribution in [3.05, 3.63) is 52.0 Å². The lowest BCUT2D eigenvalue weighted by Gasteiger charge is -2.23. The number of carbonyl (C=O) groups excluding carboxylic acids is 1. The molecule has 2 aromatic rings. The Labute approximate surface area is 183 Å². The largest absolute Gasteiger partial charge is 0.486 e. The van der Waals surface area contributed by atoms with Crippen molar-refractivity contribution in [2.45, 2.75) is 17.9 Å². The van der Waals surface area contributed by atoms with Crippen LogP contribution in [0.3, 0.4) is 0 Å². The number of nitrogens with one attached hydrogen (secondary N) is 1. The summed E-state index contributed by atoms with van der Waals surface area (Å²) in [6, 6.07) is 9.94. The maximum absolute atomic E-state index is 12.6. The van der Waals surface area contributed by atoms with Crippen LogP contribution in [-0.4, -0.2) is 51.9 Å².